The molecular formula is C13H22N2O4S. The molecular weight excluding hydrogens is 280 g/mol. The van der Waals surface area contributed by atoms with Crippen LogP contribution in [-0.2, 0) is 14.4 Å². The minimum absolute atomic E-state index is 0.0316. The number of carbonyl (C=O) groups is 3. The van der Waals surface area contributed by atoms with Crippen LogP contribution in [0, 0.1) is 5.92 Å². The number of rotatable bonds is 8. The van der Waals surface area contributed by atoms with E-state index in [-0.39, 0.29) is 23.5 Å². The molecule has 114 valence electrons. The van der Waals surface area contributed by atoms with Crippen molar-refractivity contribution in [3.63, 3.8) is 0 Å². The van der Waals surface area contributed by atoms with Crippen molar-refractivity contribution >= 4 is 29.5 Å². The van der Waals surface area contributed by atoms with E-state index in [1.54, 1.807) is 6.92 Å². The van der Waals surface area contributed by atoms with Gasteiger partial charge in [-0.05, 0) is 19.8 Å². The summed E-state index contributed by atoms with van der Waals surface area (Å²) in [4.78, 5) is 33.9. The molecule has 0 aliphatic heterocycles. The Morgan fingerprint density at radius 3 is 2.55 bits per heavy atom. The summed E-state index contributed by atoms with van der Waals surface area (Å²) in [7, 11) is 0. The lowest BCUT2D eigenvalue weighted by atomic mass is 10.1. The van der Waals surface area contributed by atoms with Crippen LogP contribution in [0.1, 0.15) is 32.6 Å². The molecule has 0 radical (unpaired) electrons. The van der Waals surface area contributed by atoms with Gasteiger partial charge in [-0.15, -0.1) is 11.8 Å². The molecule has 1 aliphatic carbocycles. The van der Waals surface area contributed by atoms with Crippen molar-refractivity contribution in [2.75, 3.05) is 18.1 Å². The second-order valence-corrected chi connectivity index (χ2v) is 6.05. The lowest BCUT2D eigenvalue weighted by Crippen LogP contribution is -2.46. The summed E-state index contributed by atoms with van der Waals surface area (Å²) in [6, 6.07) is -0.549. The average Bonchev–Trinajstić information content (AvgIpc) is 2.91. The maximum absolute atomic E-state index is 11.9. The number of nitrogens with one attached hydrogen (secondary N) is 2. The Morgan fingerprint density at radius 2 is 1.95 bits per heavy atom. The average molecular weight is 302 g/mol. The summed E-state index contributed by atoms with van der Waals surface area (Å²) >= 11 is 1.25. The quantitative estimate of drug-likeness (QED) is 0.571. The lowest BCUT2D eigenvalue weighted by molar-refractivity contribution is -0.134. The molecule has 7 heteroatoms. The van der Waals surface area contributed by atoms with Crippen molar-refractivity contribution in [2.45, 2.75) is 38.6 Å². The number of carboxylic acids is 1. The fourth-order valence-electron chi connectivity index (χ4n) is 2.14. The zero-order valence-electron chi connectivity index (χ0n) is 11.7. The van der Waals surface area contributed by atoms with Crippen LogP contribution in [0.25, 0.3) is 0 Å². The fraction of sp³-hybridized carbons (Fsp3) is 0.769. The van der Waals surface area contributed by atoms with Crippen LogP contribution >= 0.6 is 11.8 Å². The Hall–Kier alpha value is -1.24. The normalized spacial score (nSPS) is 16.6. The number of amides is 2. The van der Waals surface area contributed by atoms with Gasteiger partial charge in [-0.25, -0.2) is 0 Å². The summed E-state index contributed by atoms with van der Waals surface area (Å²) in [5, 5.41) is 13.9. The first kappa shape index (κ1) is 16.8. The topological polar surface area (TPSA) is 95.5 Å². The molecule has 0 spiro atoms. The highest BCUT2D eigenvalue weighted by atomic mass is 32.2. The van der Waals surface area contributed by atoms with E-state index in [9.17, 15) is 14.4 Å². The largest absolute Gasteiger partial charge is 0.481 e. The van der Waals surface area contributed by atoms with E-state index in [1.807, 2.05) is 0 Å². The molecule has 2 amide bonds. The predicted octanol–water partition coefficient (Wildman–Crippen LogP) is 0.615. The standard InChI is InChI=1S/C13H22N2O4S/c1-9(15-13(19)10-4-2-3-5-10)12(18)14-6-7-20-8-11(16)17/h9-10H,2-8H2,1H3,(H,14,18)(H,15,19)(H,16,17). The molecule has 0 aromatic carbocycles. The van der Waals surface area contributed by atoms with Crippen LogP contribution in [-0.4, -0.2) is 47.0 Å². The van der Waals surface area contributed by atoms with Gasteiger partial charge in [0.05, 0.1) is 5.75 Å². The molecule has 6 nitrogen and oxygen atoms in total. The third-order valence-corrected chi connectivity index (χ3v) is 4.19. The molecule has 1 atom stereocenters. The van der Waals surface area contributed by atoms with E-state index in [0.717, 1.165) is 25.7 Å². The van der Waals surface area contributed by atoms with Crippen LogP contribution in [0.5, 0.6) is 0 Å². The van der Waals surface area contributed by atoms with Crippen molar-refractivity contribution in [3.8, 4) is 0 Å². The summed E-state index contributed by atoms with van der Waals surface area (Å²) in [5.41, 5.74) is 0. The number of carboxylic acid groups (broad SMARTS) is 1. The molecule has 1 unspecified atom stereocenters. The zero-order valence-corrected chi connectivity index (χ0v) is 12.5. The van der Waals surface area contributed by atoms with Crippen molar-refractivity contribution < 1.29 is 19.5 Å². The van der Waals surface area contributed by atoms with Gasteiger partial charge in [0.25, 0.3) is 0 Å². The maximum Gasteiger partial charge on any atom is 0.313 e. The SMILES string of the molecule is CC(NC(=O)C1CCCC1)C(=O)NCCSCC(=O)O. The highest BCUT2D eigenvalue weighted by Crippen LogP contribution is 2.24. The molecule has 1 rings (SSSR count). The zero-order chi connectivity index (χ0) is 15.0. The van der Waals surface area contributed by atoms with Gasteiger partial charge in [0, 0.05) is 18.2 Å². The van der Waals surface area contributed by atoms with Gasteiger partial charge >= 0.3 is 5.97 Å². The van der Waals surface area contributed by atoms with Gasteiger partial charge in [-0.1, -0.05) is 12.8 Å². The second-order valence-electron chi connectivity index (χ2n) is 4.95. The molecule has 3 N–H and O–H groups in total. The number of carbonyl (C=O) groups excluding carboxylic acids is 2. The molecule has 0 bridgehead atoms. The van der Waals surface area contributed by atoms with Crippen LogP contribution in [0.2, 0.25) is 0 Å². The van der Waals surface area contributed by atoms with Crippen LogP contribution in [0.3, 0.4) is 0 Å². The highest BCUT2D eigenvalue weighted by molar-refractivity contribution is 7.99. The van der Waals surface area contributed by atoms with E-state index in [1.165, 1.54) is 11.8 Å². The fourth-order valence-corrected chi connectivity index (χ4v) is 2.71. The summed E-state index contributed by atoms with van der Waals surface area (Å²) in [5.74, 6) is -0.502. The Balaban J connectivity index is 2.15. The maximum atomic E-state index is 11.9. The van der Waals surface area contributed by atoms with Crippen LogP contribution in [0.4, 0.5) is 0 Å². The first-order valence-electron chi connectivity index (χ1n) is 6.88. The third kappa shape index (κ3) is 6.27. The smallest absolute Gasteiger partial charge is 0.313 e. The Labute approximate surface area is 123 Å². The van der Waals surface area contributed by atoms with E-state index in [4.69, 9.17) is 5.11 Å². The van der Waals surface area contributed by atoms with Gasteiger partial charge in [0.1, 0.15) is 6.04 Å². The van der Waals surface area contributed by atoms with Gasteiger partial charge in [0.15, 0.2) is 0 Å². The minimum Gasteiger partial charge on any atom is -0.481 e. The molecule has 20 heavy (non-hydrogen) atoms. The molecule has 0 heterocycles. The molecule has 0 aromatic heterocycles. The summed E-state index contributed by atoms with van der Waals surface area (Å²) in [6.45, 7) is 2.06. The Bertz CT molecular complexity index is 356. The first-order chi connectivity index (χ1) is 9.50. The lowest BCUT2D eigenvalue weighted by Gasteiger charge is -2.16. The van der Waals surface area contributed by atoms with Crippen molar-refractivity contribution in [3.05, 3.63) is 0 Å². The predicted molar refractivity (Wildman–Crippen MR) is 77.5 cm³/mol. The summed E-state index contributed by atoms with van der Waals surface area (Å²) < 4.78 is 0. The van der Waals surface area contributed by atoms with Crippen LogP contribution in [0.15, 0.2) is 0 Å². The van der Waals surface area contributed by atoms with E-state index >= 15 is 0 Å². The van der Waals surface area contributed by atoms with E-state index in [2.05, 4.69) is 10.6 Å². The highest BCUT2D eigenvalue weighted by Gasteiger charge is 2.25. The monoisotopic (exact) mass is 302 g/mol. The van der Waals surface area contributed by atoms with Gasteiger partial charge in [-0.3, -0.25) is 14.4 Å². The number of hydrogen-bond acceptors (Lipinski definition) is 4. The van der Waals surface area contributed by atoms with Crippen molar-refractivity contribution in [2.24, 2.45) is 5.92 Å². The third-order valence-electron chi connectivity index (χ3n) is 3.25. The number of aliphatic carboxylic acids is 1. The molecule has 1 saturated carbocycles. The second kappa shape index (κ2) is 8.84. The van der Waals surface area contributed by atoms with E-state index < -0.39 is 12.0 Å². The molecule has 0 aromatic rings. The number of hydrogen-bond donors (Lipinski definition) is 3. The molecule has 1 aliphatic rings. The first-order valence-corrected chi connectivity index (χ1v) is 8.04. The minimum atomic E-state index is -0.862. The van der Waals surface area contributed by atoms with Crippen molar-refractivity contribution in [1.82, 2.24) is 10.6 Å². The van der Waals surface area contributed by atoms with Crippen LogP contribution < -0.4 is 10.6 Å². The number of thioether (sulfide) groups is 1. The Morgan fingerprint density at radius 1 is 1.30 bits per heavy atom. The molecule has 1 fully saturated rings. The molecule has 0 saturated heterocycles. The van der Waals surface area contributed by atoms with E-state index in [0.29, 0.717) is 12.3 Å². The summed E-state index contributed by atoms with van der Waals surface area (Å²) in [6.07, 6.45) is 3.98. The Kier molecular flexibility index (Phi) is 7.43. The van der Waals surface area contributed by atoms with Crippen molar-refractivity contribution in [1.29, 1.82) is 0 Å². The van der Waals surface area contributed by atoms with Gasteiger partial charge in [0.2, 0.25) is 11.8 Å². The van der Waals surface area contributed by atoms with Gasteiger partial charge < -0.3 is 15.7 Å². The van der Waals surface area contributed by atoms with Gasteiger partial charge in [-0.2, -0.15) is 0 Å².